The molecule has 1 N–H and O–H groups in total. The average molecular weight is 346 g/mol. The van der Waals surface area contributed by atoms with Gasteiger partial charge in [-0.05, 0) is 50.3 Å². The number of fused-ring (bicyclic) bond motifs is 1. The van der Waals surface area contributed by atoms with Gasteiger partial charge in [-0.1, -0.05) is 30.9 Å². The lowest BCUT2D eigenvalue weighted by atomic mass is 9.87. The molecule has 2 aliphatic rings. The summed E-state index contributed by atoms with van der Waals surface area (Å²) in [7, 11) is 0. The SMILES string of the molecule is O=C(C1CCCCC1)N1CCCCC1c1nc2ccc(Cl)cc2[nH]1. The van der Waals surface area contributed by atoms with Gasteiger partial charge in [-0.15, -0.1) is 0 Å². The second-order valence-corrected chi connectivity index (χ2v) is 7.60. The standard InChI is InChI=1S/C19H24ClN3O/c20-14-9-10-15-16(12-14)22-18(21-15)17-8-4-5-11-23(17)19(24)13-6-2-1-3-7-13/h9-10,12-13,17H,1-8,11H2,(H,21,22). The third kappa shape index (κ3) is 3.04. The first-order valence-electron chi connectivity index (χ1n) is 9.18. The molecule has 1 saturated heterocycles. The summed E-state index contributed by atoms with van der Waals surface area (Å²) >= 11 is 6.08. The van der Waals surface area contributed by atoms with Gasteiger partial charge in [0.05, 0.1) is 17.1 Å². The summed E-state index contributed by atoms with van der Waals surface area (Å²) in [5, 5.41) is 0.705. The molecule has 1 aliphatic heterocycles. The summed E-state index contributed by atoms with van der Waals surface area (Å²) in [6.07, 6.45) is 9.01. The van der Waals surface area contributed by atoms with Gasteiger partial charge in [-0.25, -0.2) is 4.98 Å². The Hall–Kier alpha value is -1.55. The summed E-state index contributed by atoms with van der Waals surface area (Å²) in [5.74, 6) is 1.48. The van der Waals surface area contributed by atoms with Crippen LogP contribution in [0.4, 0.5) is 0 Å². The zero-order chi connectivity index (χ0) is 16.5. The number of aromatic amines is 1. The average Bonchev–Trinajstić information content (AvgIpc) is 3.05. The van der Waals surface area contributed by atoms with Gasteiger partial charge in [0.25, 0.3) is 0 Å². The topological polar surface area (TPSA) is 49.0 Å². The smallest absolute Gasteiger partial charge is 0.226 e. The van der Waals surface area contributed by atoms with Crippen molar-refractivity contribution in [2.24, 2.45) is 5.92 Å². The lowest BCUT2D eigenvalue weighted by Gasteiger charge is -2.37. The van der Waals surface area contributed by atoms with Crippen LogP contribution in [0.1, 0.15) is 63.2 Å². The summed E-state index contributed by atoms with van der Waals surface area (Å²) < 4.78 is 0. The van der Waals surface area contributed by atoms with Crippen LogP contribution in [0.3, 0.4) is 0 Å². The minimum Gasteiger partial charge on any atom is -0.340 e. The Bertz CT molecular complexity index is 735. The van der Waals surface area contributed by atoms with E-state index in [1.54, 1.807) is 0 Å². The lowest BCUT2D eigenvalue weighted by molar-refractivity contribution is -0.140. The van der Waals surface area contributed by atoms with Gasteiger partial charge in [0.15, 0.2) is 0 Å². The number of hydrogen-bond donors (Lipinski definition) is 1. The molecular weight excluding hydrogens is 322 g/mol. The van der Waals surface area contributed by atoms with Gasteiger partial charge >= 0.3 is 0 Å². The number of carbonyl (C=O) groups is 1. The Morgan fingerprint density at radius 1 is 1.12 bits per heavy atom. The highest BCUT2D eigenvalue weighted by Gasteiger charge is 2.34. The number of benzene rings is 1. The van der Waals surface area contributed by atoms with Gasteiger partial charge < -0.3 is 9.88 Å². The predicted octanol–water partition coefficient (Wildman–Crippen LogP) is 4.85. The first kappa shape index (κ1) is 15.9. The van der Waals surface area contributed by atoms with E-state index < -0.39 is 0 Å². The van der Waals surface area contributed by atoms with Crippen LogP contribution >= 0.6 is 11.6 Å². The highest BCUT2D eigenvalue weighted by Crippen LogP contribution is 2.34. The molecule has 1 aromatic carbocycles. The van der Waals surface area contributed by atoms with Crippen molar-refractivity contribution in [1.82, 2.24) is 14.9 Å². The van der Waals surface area contributed by atoms with Crippen molar-refractivity contribution in [3.05, 3.63) is 29.0 Å². The van der Waals surface area contributed by atoms with Crippen molar-refractivity contribution in [2.45, 2.75) is 57.4 Å². The van der Waals surface area contributed by atoms with E-state index in [-0.39, 0.29) is 12.0 Å². The molecule has 2 aromatic rings. The monoisotopic (exact) mass is 345 g/mol. The maximum Gasteiger partial charge on any atom is 0.226 e. The molecule has 1 aliphatic carbocycles. The second kappa shape index (κ2) is 6.75. The number of nitrogens with one attached hydrogen (secondary N) is 1. The Balaban J connectivity index is 1.61. The Morgan fingerprint density at radius 3 is 2.75 bits per heavy atom. The van der Waals surface area contributed by atoms with Crippen molar-refractivity contribution in [2.75, 3.05) is 6.54 Å². The van der Waals surface area contributed by atoms with E-state index in [1.165, 1.54) is 19.3 Å². The Labute approximate surface area is 147 Å². The number of nitrogens with zero attached hydrogens (tertiary/aromatic N) is 2. The van der Waals surface area contributed by atoms with E-state index in [2.05, 4.69) is 9.88 Å². The van der Waals surface area contributed by atoms with Crippen LogP contribution in [-0.4, -0.2) is 27.3 Å². The molecule has 4 rings (SSSR count). The summed E-state index contributed by atoms with van der Waals surface area (Å²) in [5.41, 5.74) is 1.87. The van der Waals surface area contributed by atoms with Gasteiger partial charge in [-0.2, -0.15) is 0 Å². The zero-order valence-electron chi connectivity index (χ0n) is 13.9. The van der Waals surface area contributed by atoms with Crippen molar-refractivity contribution >= 4 is 28.5 Å². The maximum absolute atomic E-state index is 13.1. The van der Waals surface area contributed by atoms with Crippen LogP contribution in [0, 0.1) is 5.92 Å². The van der Waals surface area contributed by atoms with Gasteiger partial charge in [0.1, 0.15) is 5.82 Å². The largest absolute Gasteiger partial charge is 0.340 e. The molecule has 1 saturated carbocycles. The molecule has 1 unspecified atom stereocenters. The highest BCUT2D eigenvalue weighted by atomic mass is 35.5. The number of piperidine rings is 1. The Morgan fingerprint density at radius 2 is 1.92 bits per heavy atom. The molecule has 1 atom stereocenters. The molecule has 5 heteroatoms. The summed E-state index contributed by atoms with van der Waals surface area (Å²) in [6.45, 7) is 0.859. The fourth-order valence-electron chi connectivity index (χ4n) is 4.22. The van der Waals surface area contributed by atoms with Gasteiger partial charge in [0.2, 0.25) is 5.91 Å². The van der Waals surface area contributed by atoms with Crippen molar-refractivity contribution in [3.8, 4) is 0 Å². The van der Waals surface area contributed by atoms with Crippen molar-refractivity contribution in [3.63, 3.8) is 0 Å². The fourth-order valence-corrected chi connectivity index (χ4v) is 4.40. The molecular formula is C19H24ClN3O. The number of amides is 1. The zero-order valence-corrected chi connectivity index (χ0v) is 14.7. The number of carbonyl (C=O) groups excluding carboxylic acids is 1. The van der Waals surface area contributed by atoms with Crippen molar-refractivity contribution < 1.29 is 4.79 Å². The van der Waals surface area contributed by atoms with E-state index in [1.807, 2.05) is 18.2 Å². The second-order valence-electron chi connectivity index (χ2n) is 7.16. The first-order valence-corrected chi connectivity index (χ1v) is 9.56. The maximum atomic E-state index is 13.1. The van der Waals surface area contributed by atoms with Crippen LogP contribution < -0.4 is 0 Å². The molecule has 0 radical (unpaired) electrons. The Kier molecular flexibility index (Phi) is 4.49. The summed E-state index contributed by atoms with van der Waals surface area (Å²) in [4.78, 5) is 23.3. The van der Waals surface area contributed by atoms with E-state index in [0.717, 1.165) is 55.5 Å². The van der Waals surface area contributed by atoms with Crippen LogP contribution in [0.25, 0.3) is 11.0 Å². The number of aromatic nitrogens is 2. The molecule has 24 heavy (non-hydrogen) atoms. The van der Waals surface area contributed by atoms with Gasteiger partial charge in [0, 0.05) is 17.5 Å². The molecule has 0 bridgehead atoms. The normalized spacial score (nSPS) is 22.9. The van der Waals surface area contributed by atoms with E-state index in [9.17, 15) is 4.79 Å². The van der Waals surface area contributed by atoms with Crippen LogP contribution in [0.5, 0.6) is 0 Å². The lowest BCUT2D eigenvalue weighted by Crippen LogP contribution is -2.42. The summed E-state index contributed by atoms with van der Waals surface area (Å²) in [6, 6.07) is 5.79. The van der Waals surface area contributed by atoms with E-state index >= 15 is 0 Å². The molecule has 1 amide bonds. The number of rotatable bonds is 2. The van der Waals surface area contributed by atoms with E-state index in [0.29, 0.717) is 10.9 Å². The number of halogens is 1. The third-order valence-corrected chi connectivity index (χ3v) is 5.75. The minimum atomic E-state index is 0.0827. The quantitative estimate of drug-likeness (QED) is 0.845. The molecule has 128 valence electrons. The first-order chi connectivity index (χ1) is 11.7. The van der Waals surface area contributed by atoms with Crippen molar-refractivity contribution in [1.29, 1.82) is 0 Å². The molecule has 1 aromatic heterocycles. The number of H-pyrrole nitrogens is 1. The molecule has 2 fully saturated rings. The third-order valence-electron chi connectivity index (χ3n) is 5.52. The van der Waals surface area contributed by atoms with Crippen LogP contribution in [0.2, 0.25) is 5.02 Å². The molecule has 2 heterocycles. The van der Waals surface area contributed by atoms with Crippen LogP contribution in [0.15, 0.2) is 18.2 Å². The number of imidazole rings is 1. The fraction of sp³-hybridized carbons (Fsp3) is 0.579. The predicted molar refractivity (Wildman–Crippen MR) is 96.0 cm³/mol. The highest BCUT2D eigenvalue weighted by molar-refractivity contribution is 6.31. The minimum absolute atomic E-state index is 0.0827. The number of likely N-dealkylation sites (tertiary alicyclic amines) is 1. The molecule has 4 nitrogen and oxygen atoms in total. The molecule has 0 spiro atoms. The van der Waals surface area contributed by atoms with E-state index in [4.69, 9.17) is 16.6 Å². The van der Waals surface area contributed by atoms with Crippen LogP contribution in [-0.2, 0) is 4.79 Å². The van der Waals surface area contributed by atoms with Gasteiger partial charge in [-0.3, -0.25) is 4.79 Å². The number of hydrogen-bond acceptors (Lipinski definition) is 2.